The van der Waals surface area contributed by atoms with Gasteiger partial charge in [-0.15, -0.1) is 0 Å². The number of methoxy groups -OCH3 is 1. The molecular weight excluding hydrogens is 375 g/mol. The molecule has 0 bridgehead atoms. The van der Waals surface area contributed by atoms with Crippen molar-refractivity contribution < 1.29 is 14.3 Å². The first kappa shape index (κ1) is 20.1. The Hall–Kier alpha value is -2.24. The van der Waals surface area contributed by atoms with Gasteiger partial charge in [0, 0.05) is 18.3 Å². The predicted octanol–water partition coefficient (Wildman–Crippen LogP) is 3.95. The second-order valence-electron chi connectivity index (χ2n) is 5.92. The minimum absolute atomic E-state index is 0.0762. The summed E-state index contributed by atoms with van der Waals surface area (Å²) in [6.45, 7) is 1.87. The summed E-state index contributed by atoms with van der Waals surface area (Å²) >= 11 is 11.8. The summed E-state index contributed by atoms with van der Waals surface area (Å²) in [6.07, 6.45) is 0.154. The SMILES string of the molecule is COc1ccc(C)cc1CC(=O)N(C)CC(=O)Nc1ccc(Cl)c(Cl)c1. The van der Waals surface area contributed by atoms with Gasteiger partial charge in [-0.1, -0.05) is 40.9 Å². The van der Waals surface area contributed by atoms with Gasteiger partial charge in [0.25, 0.3) is 0 Å². The summed E-state index contributed by atoms with van der Waals surface area (Å²) in [5, 5.41) is 3.44. The maximum absolute atomic E-state index is 12.4. The first-order valence-corrected chi connectivity index (χ1v) is 8.68. The van der Waals surface area contributed by atoms with Crippen LogP contribution < -0.4 is 10.1 Å². The van der Waals surface area contributed by atoms with Gasteiger partial charge >= 0.3 is 0 Å². The number of carbonyl (C=O) groups is 2. The van der Waals surface area contributed by atoms with Crippen LogP contribution in [0.2, 0.25) is 10.0 Å². The molecule has 26 heavy (non-hydrogen) atoms. The van der Waals surface area contributed by atoms with E-state index in [4.69, 9.17) is 27.9 Å². The van der Waals surface area contributed by atoms with Gasteiger partial charge in [0.1, 0.15) is 5.75 Å². The van der Waals surface area contributed by atoms with Gasteiger partial charge in [-0.25, -0.2) is 0 Å². The number of anilines is 1. The van der Waals surface area contributed by atoms with Gasteiger partial charge in [0.15, 0.2) is 0 Å². The molecule has 0 spiro atoms. The molecule has 2 rings (SSSR count). The highest BCUT2D eigenvalue weighted by atomic mass is 35.5. The second-order valence-corrected chi connectivity index (χ2v) is 6.73. The summed E-state index contributed by atoms with van der Waals surface area (Å²) in [6, 6.07) is 10.4. The summed E-state index contributed by atoms with van der Waals surface area (Å²) in [7, 11) is 3.14. The largest absolute Gasteiger partial charge is 0.496 e. The Labute approximate surface area is 162 Å². The number of nitrogens with zero attached hydrogens (tertiary/aromatic N) is 1. The minimum Gasteiger partial charge on any atom is -0.496 e. The molecule has 5 nitrogen and oxygen atoms in total. The number of benzene rings is 2. The molecule has 1 N–H and O–H groups in total. The molecule has 0 fully saturated rings. The number of ether oxygens (including phenoxy) is 1. The van der Waals surface area contributed by atoms with Crippen LogP contribution in [0.1, 0.15) is 11.1 Å². The average molecular weight is 395 g/mol. The van der Waals surface area contributed by atoms with Crippen LogP contribution in [-0.2, 0) is 16.0 Å². The van der Waals surface area contributed by atoms with Crippen molar-refractivity contribution in [3.8, 4) is 5.75 Å². The Morgan fingerprint density at radius 1 is 1.12 bits per heavy atom. The van der Waals surface area contributed by atoms with Crippen LogP contribution in [0.25, 0.3) is 0 Å². The van der Waals surface area contributed by atoms with Gasteiger partial charge in [-0.3, -0.25) is 9.59 Å². The molecular formula is C19H20Cl2N2O3. The van der Waals surface area contributed by atoms with Crippen molar-refractivity contribution in [2.45, 2.75) is 13.3 Å². The highest BCUT2D eigenvalue weighted by molar-refractivity contribution is 6.42. The molecule has 0 aliphatic carbocycles. The fourth-order valence-corrected chi connectivity index (χ4v) is 2.72. The normalized spacial score (nSPS) is 10.3. The summed E-state index contributed by atoms with van der Waals surface area (Å²) in [5.74, 6) is 0.145. The van der Waals surface area contributed by atoms with E-state index in [1.807, 2.05) is 25.1 Å². The van der Waals surface area contributed by atoms with Crippen molar-refractivity contribution in [3.05, 3.63) is 57.6 Å². The molecule has 0 aliphatic rings. The lowest BCUT2D eigenvalue weighted by Crippen LogP contribution is -2.35. The molecule has 2 aromatic carbocycles. The van der Waals surface area contributed by atoms with E-state index in [1.165, 1.54) is 4.90 Å². The lowest BCUT2D eigenvalue weighted by molar-refractivity contribution is -0.132. The van der Waals surface area contributed by atoms with Gasteiger partial charge in [0.05, 0.1) is 30.1 Å². The Balaban J connectivity index is 1.97. The van der Waals surface area contributed by atoms with E-state index < -0.39 is 0 Å². The third-order valence-corrected chi connectivity index (χ3v) is 4.53. The van der Waals surface area contributed by atoms with Crippen LogP contribution in [-0.4, -0.2) is 37.4 Å². The Morgan fingerprint density at radius 3 is 2.50 bits per heavy atom. The van der Waals surface area contributed by atoms with Crippen molar-refractivity contribution in [2.24, 2.45) is 0 Å². The minimum atomic E-state index is -0.324. The van der Waals surface area contributed by atoms with Gasteiger partial charge in [-0.2, -0.15) is 0 Å². The van der Waals surface area contributed by atoms with E-state index >= 15 is 0 Å². The Morgan fingerprint density at radius 2 is 1.85 bits per heavy atom. The summed E-state index contributed by atoms with van der Waals surface area (Å²) < 4.78 is 5.29. The molecule has 138 valence electrons. The maximum atomic E-state index is 12.4. The Kier molecular flexibility index (Phi) is 6.89. The van der Waals surface area contributed by atoms with Crippen LogP contribution in [0.15, 0.2) is 36.4 Å². The molecule has 0 aliphatic heterocycles. The molecule has 0 unspecified atom stereocenters. The highest BCUT2D eigenvalue weighted by Crippen LogP contribution is 2.25. The van der Waals surface area contributed by atoms with E-state index in [2.05, 4.69) is 5.32 Å². The summed E-state index contributed by atoms with van der Waals surface area (Å²) in [5.41, 5.74) is 2.34. The lowest BCUT2D eigenvalue weighted by atomic mass is 10.1. The number of amides is 2. The third kappa shape index (κ3) is 5.38. The summed E-state index contributed by atoms with van der Waals surface area (Å²) in [4.78, 5) is 25.9. The van der Waals surface area contributed by atoms with Crippen LogP contribution in [0.5, 0.6) is 5.75 Å². The monoisotopic (exact) mass is 394 g/mol. The molecule has 0 radical (unpaired) electrons. The standard InChI is InChI=1S/C19H20Cl2N2O3/c1-12-4-7-17(26-3)13(8-12)9-19(25)23(2)11-18(24)22-14-5-6-15(20)16(21)10-14/h4-8,10H,9,11H2,1-3H3,(H,22,24). The molecule has 2 amide bonds. The number of hydrogen-bond donors (Lipinski definition) is 1. The zero-order valence-electron chi connectivity index (χ0n) is 14.8. The zero-order valence-corrected chi connectivity index (χ0v) is 16.3. The number of likely N-dealkylation sites (N-methyl/N-ethyl adjacent to an activating group) is 1. The number of halogens is 2. The first-order chi connectivity index (χ1) is 12.3. The van der Waals surface area contributed by atoms with E-state index in [0.29, 0.717) is 21.5 Å². The van der Waals surface area contributed by atoms with E-state index in [1.54, 1.807) is 32.4 Å². The third-order valence-electron chi connectivity index (χ3n) is 3.79. The Bertz CT molecular complexity index is 824. The molecule has 0 atom stereocenters. The first-order valence-electron chi connectivity index (χ1n) is 7.92. The predicted molar refractivity (Wildman–Crippen MR) is 104 cm³/mol. The van der Waals surface area contributed by atoms with E-state index in [9.17, 15) is 9.59 Å². The molecule has 0 heterocycles. The molecule has 0 aromatic heterocycles. The van der Waals surface area contributed by atoms with Crippen molar-refractivity contribution in [3.63, 3.8) is 0 Å². The van der Waals surface area contributed by atoms with Crippen LogP contribution in [0.3, 0.4) is 0 Å². The van der Waals surface area contributed by atoms with Crippen LogP contribution in [0.4, 0.5) is 5.69 Å². The van der Waals surface area contributed by atoms with Crippen molar-refractivity contribution >= 4 is 40.7 Å². The highest BCUT2D eigenvalue weighted by Gasteiger charge is 2.16. The number of carbonyl (C=O) groups excluding carboxylic acids is 2. The number of hydrogen-bond acceptors (Lipinski definition) is 3. The van der Waals surface area contributed by atoms with Crippen LogP contribution >= 0.6 is 23.2 Å². The van der Waals surface area contributed by atoms with Gasteiger partial charge in [-0.05, 0) is 31.2 Å². The fourth-order valence-electron chi connectivity index (χ4n) is 2.42. The van der Waals surface area contributed by atoms with Gasteiger partial charge < -0.3 is 15.0 Å². The van der Waals surface area contributed by atoms with Crippen molar-refractivity contribution in [1.29, 1.82) is 0 Å². The molecule has 2 aromatic rings. The lowest BCUT2D eigenvalue weighted by Gasteiger charge is -2.18. The smallest absolute Gasteiger partial charge is 0.243 e. The molecule has 7 heteroatoms. The zero-order chi connectivity index (χ0) is 19.3. The topological polar surface area (TPSA) is 58.6 Å². The fraction of sp³-hybridized carbons (Fsp3) is 0.263. The van der Waals surface area contributed by atoms with E-state index in [-0.39, 0.29) is 24.8 Å². The molecule has 0 saturated carbocycles. The van der Waals surface area contributed by atoms with Crippen molar-refractivity contribution in [2.75, 3.05) is 26.0 Å². The number of nitrogens with one attached hydrogen (secondary N) is 1. The van der Waals surface area contributed by atoms with Gasteiger partial charge in [0.2, 0.25) is 11.8 Å². The average Bonchev–Trinajstić information content (AvgIpc) is 2.58. The number of rotatable bonds is 6. The van der Waals surface area contributed by atoms with Crippen LogP contribution in [0, 0.1) is 6.92 Å². The maximum Gasteiger partial charge on any atom is 0.243 e. The quantitative estimate of drug-likeness (QED) is 0.806. The molecule has 0 saturated heterocycles. The van der Waals surface area contributed by atoms with Crippen molar-refractivity contribution in [1.82, 2.24) is 4.90 Å². The van der Waals surface area contributed by atoms with E-state index in [0.717, 1.165) is 11.1 Å². The second kappa shape index (κ2) is 8.92. The number of aryl methyl sites for hydroxylation is 1.